The van der Waals surface area contributed by atoms with E-state index < -0.39 is 0 Å². The van der Waals surface area contributed by atoms with Gasteiger partial charge in [-0.15, -0.1) is 6.58 Å². The third-order valence-electron chi connectivity index (χ3n) is 2.47. The molecule has 1 aliphatic heterocycles. The normalized spacial score (nSPS) is 18.9. The predicted octanol–water partition coefficient (Wildman–Crippen LogP) is 3.10. The number of aliphatic imine (C=N–C) groups is 1. The van der Waals surface area contributed by atoms with Crippen LogP contribution < -0.4 is 5.32 Å². The van der Waals surface area contributed by atoms with Gasteiger partial charge in [-0.25, -0.2) is 0 Å². The lowest BCUT2D eigenvalue weighted by Gasteiger charge is -2.16. The standard InChI is InChI=1S/C14H16N2S/c1-3-9-15-14-16-13(8-10-17-14)12-6-4-11(2)5-7-12/h3-8,10,14-15H,1,9H2,2H3. The summed E-state index contributed by atoms with van der Waals surface area (Å²) in [6.45, 7) is 6.56. The lowest BCUT2D eigenvalue weighted by atomic mass is 10.1. The van der Waals surface area contributed by atoms with Crippen LogP contribution in [-0.4, -0.2) is 17.8 Å². The molecule has 0 amide bonds. The molecule has 88 valence electrons. The first-order valence-electron chi connectivity index (χ1n) is 5.61. The first-order chi connectivity index (χ1) is 8.29. The van der Waals surface area contributed by atoms with E-state index in [2.05, 4.69) is 59.6 Å². The predicted molar refractivity (Wildman–Crippen MR) is 76.4 cm³/mol. The second-order valence-electron chi connectivity index (χ2n) is 3.87. The van der Waals surface area contributed by atoms with Crippen molar-refractivity contribution in [3.8, 4) is 0 Å². The molecule has 2 nitrogen and oxygen atoms in total. The van der Waals surface area contributed by atoms with Crippen LogP contribution in [0.25, 0.3) is 0 Å². The van der Waals surface area contributed by atoms with Crippen molar-refractivity contribution in [2.45, 2.75) is 12.4 Å². The van der Waals surface area contributed by atoms with E-state index in [0.29, 0.717) is 0 Å². The maximum Gasteiger partial charge on any atom is 0.151 e. The summed E-state index contributed by atoms with van der Waals surface area (Å²) in [6, 6.07) is 8.44. The third kappa shape index (κ3) is 3.32. The maximum atomic E-state index is 4.65. The molecular formula is C14H16N2S. The Morgan fingerprint density at radius 1 is 1.41 bits per heavy atom. The zero-order valence-corrected chi connectivity index (χ0v) is 10.7. The summed E-state index contributed by atoms with van der Waals surface area (Å²) >= 11 is 1.68. The number of allylic oxidation sites excluding steroid dienone is 1. The van der Waals surface area contributed by atoms with Crippen molar-refractivity contribution in [3.05, 3.63) is 59.5 Å². The van der Waals surface area contributed by atoms with E-state index in [9.17, 15) is 0 Å². The Balaban J connectivity index is 2.14. The van der Waals surface area contributed by atoms with Gasteiger partial charge in [-0.3, -0.25) is 10.3 Å². The summed E-state index contributed by atoms with van der Waals surface area (Å²) in [7, 11) is 0. The van der Waals surface area contributed by atoms with Gasteiger partial charge in [-0.2, -0.15) is 0 Å². The van der Waals surface area contributed by atoms with Gasteiger partial charge < -0.3 is 0 Å². The van der Waals surface area contributed by atoms with E-state index in [1.165, 1.54) is 5.56 Å². The monoisotopic (exact) mass is 244 g/mol. The minimum absolute atomic E-state index is 0.0919. The van der Waals surface area contributed by atoms with E-state index in [-0.39, 0.29) is 5.50 Å². The van der Waals surface area contributed by atoms with Crippen molar-refractivity contribution < 1.29 is 0 Å². The Morgan fingerprint density at radius 3 is 2.88 bits per heavy atom. The highest BCUT2D eigenvalue weighted by atomic mass is 32.2. The largest absolute Gasteiger partial charge is 0.283 e. The van der Waals surface area contributed by atoms with Crippen LogP contribution in [0.3, 0.4) is 0 Å². The molecule has 1 aromatic rings. The lowest BCUT2D eigenvalue weighted by molar-refractivity contribution is 0.730. The summed E-state index contributed by atoms with van der Waals surface area (Å²) in [5.41, 5.74) is 3.56. The van der Waals surface area contributed by atoms with E-state index >= 15 is 0 Å². The Labute approximate surface area is 107 Å². The number of thioether (sulfide) groups is 1. The fourth-order valence-electron chi connectivity index (χ4n) is 1.55. The van der Waals surface area contributed by atoms with Crippen LogP contribution in [-0.2, 0) is 0 Å². The third-order valence-corrected chi connectivity index (χ3v) is 3.30. The van der Waals surface area contributed by atoms with Crippen LogP contribution in [0.5, 0.6) is 0 Å². The molecular weight excluding hydrogens is 228 g/mol. The molecule has 1 atom stereocenters. The number of rotatable bonds is 4. The molecule has 0 saturated heterocycles. The fourth-order valence-corrected chi connectivity index (χ4v) is 2.27. The van der Waals surface area contributed by atoms with Crippen molar-refractivity contribution in [1.29, 1.82) is 0 Å². The lowest BCUT2D eigenvalue weighted by Crippen LogP contribution is -2.26. The van der Waals surface area contributed by atoms with Gasteiger partial charge in [-0.1, -0.05) is 47.7 Å². The van der Waals surface area contributed by atoms with E-state index in [1.54, 1.807) is 11.8 Å². The first kappa shape index (κ1) is 12.1. The van der Waals surface area contributed by atoms with Gasteiger partial charge in [0.25, 0.3) is 0 Å². The SMILES string of the molecule is C=CCNC1N=C(c2ccc(C)cc2)C=CS1. The van der Waals surface area contributed by atoms with Crippen LogP contribution in [0.2, 0.25) is 0 Å². The van der Waals surface area contributed by atoms with Gasteiger partial charge in [0.1, 0.15) is 0 Å². The average Bonchev–Trinajstić information content (AvgIpc) is 2.37. The summed E-state index contributed by atoms with van der Waals surface area (Å²) in [5, 5.41) is 5.37. The first-order valence-corrected chi connectivity index (χ1v) is 6.55. The molecule has 17 heavy (non-hydrogen) atoms. The second kappa shape index (κ2) is 5.84. The van der Waals surface area contributed by atoms with E-state index in [4.69, 9.17) is 0 Å². The Kier molecular flexibility index (Phi) is 4.18. The smallest absolute Gasteiger partial charge is 0.151 e. The minimum atomic E-state index is 0.0919. The highest BCUT2D eigenvalue weighted by Gasteiger charge is 2.10. The Bertz CT molecular complexity index is 446. The van der Waals surface area contributed by atoms with Crippen molar-refractivity contribution >= 4 is 17.5 Å². The fraction of sp³-hybridized carbons (Fsp3) is 0.214. The summed E-state index contributed by atoms with van der Waals surface area (Å²) in [5.74, 6) is 0. The number of hydrogen-bond acceptors (Lipinski definition) is 3. The van der Waals surface area contributed by atoms with Gasteiger partial charge in [0.15, 0.2) is 5.50 Å². The molecule has 1 N–H and O–H groups in total. The number of aryl methyl sites for hydroxylation is 1. The number of nitrogens with zero attached hydrogens (tertiary/aromatic N) is 1. The summed E-state index contributed by atoms with van der Waals surface area (Å²) in [4.78, 5) is 4.65. The Hall–Kier alpha value is -1.32. The van der Waals surface area contributed by atoms with Crippen molar-refractivity contribution in [1.82, 2.24) is 5.32 Å². The molecule has 2 rings (SSSR count). The molecule has 0 aliphatic carbocycles. The number of nitrogens with one attached hydrogen (secondary N) is 1. The van der Waals surface area contributed by atoms with E-state index in [0.717, 1.165) is 17.8 Å². The highest BCUT2D eigenvalue weighted by molar-refractivity contribution is 8.02. The molecule has 0 bridgehead atoms. The molecule has 1 heterocycles. The minimum Gasteiger partial charge on any atom is -0.283 e. The van der Waals surface area contributed by atoms with Crippen LogP contribution in [0.15, 0.2) is 53.4 Å². The topological polar surface area (TPSA) is 24.4 Å². The molecule has 0 radical (unpaired) electrons. The molecule has 0 aromatic heterocycles. The van der Waals surface area contributed by atoms with Gasteiger partial charge in [-0.05, 0) is 24.0 Å². The molecule has 3 heteroatoms. The summed E-state index contributed by atoms with van der Waals surface area (Å²) < 4.78 is 0. The zero-order valence-electron chi connectivity index (χ0n) is 9.89. The summed E-state index contributed by atoms with van der Waals surface area (Å²) in [6.07, 6.45) is 3.90. The quantitative estimate of drug-likeness (QED) is 0.823. The van der Waals surface area contributed by atoms with E-state index in [1.807, 2.05) is 6.08 Å². The zero-order chi connectivity index (χ0) is 12.1. The van der Waals surface area contributed by atoms with Crippen molar-refractivity contribution in [2.75, 3.05) is 6.54 Å². The van der Waals surface area contributed by atoms with Crippen LogP contribution in [0.4, 0.5) is 0 Å². The highest BCUT2D eigenvalue weighted by Crippen LogP contribution is 2.19. The van der Waals surface area contributed by atoms with Crippen molar-refractivity contribution in [3.63, 3.8) is 0 Å². The van der Waals surface area contributed by atoms with Gasteiger partial charge in [0, 0.05) is 6.54 Å². The van der Waals surface area contributed by atoms with Crippen molar-refractivity contribution in [2.24, 2.45) is 4.99 Å². The van der Waals surface area contributed by atoms with Gasteiger partial charge in [0.05, 0.1) is 5.71 Å². The van der Waals surface area contributed by atoms with Gasteiger partial charge in [0.2, 0.25) is 0 Å². The molecule has 0 fully saturated rings. The molecule has 1 aliphatic rings. The Morgan fingerprint density at radius 2 is 2.18 bits per heavy atom. The molecule has 1 unspecified atom stereocenters. The maximum absolute atomic E-state index is 4.65. The molecule has 0 saturated carbocycles. The molecule has 0 spiro atoms. The van der Waals surface area contributed by atoms with Crippen LogP contribution in [0, 0.1) is 6.92 Å². The number of benzene rings is 1. The van der Waals surface area contributed by atoms with Crippen LogP contribution >= 0.6 is 11.8 Å². The molecule has 1 aromatic carbocycles. The second-order valence-corrected chi connectivity index (χ2v) is 4.86. The van der Waals surface area contributed by atoms with Crippen LogP contribution in [0.1, 0.15) is 11.1 Å². The number of hydrogen-bond donors (Lipinski definition) is 1. The average molecular weight is 244 g/mol. The van der Waals surface area contributed by atoms with Gasteiger partial charge >= 0.3 is 0 Å².